The Balaban J connectivity index is 0. The van der Waals surface area contributed by atoms with Gasteiger partial charge in [-0.2, -0.15) is 16.6 Å². The Morgan fingerprint density at radius 3 is 0.872 bits per heavy atom. The van der Waals surface area contributed by atoms with Gasteiger partial charge in [0.05, 0.1) is 20.0 Å². The molecule has 0 N–H and O–H groups in total. The first-order valence-corrected chi connectivity index (χ1v) is 17.6. The summed E-state index contributed by atoms with van der Waals surface area (Å²) in [6.07, 6.45) is 16.7. The summed E-state index contributed by atoms with van der Waals surface area (Å²) in [5, 5.41) is 0. The monoisotopic (exact) mass is 741 g/mol. The van der Waals surface area contributed by atoms with E-state index < -0.39 is 0 Å². The minimum absolute atomic E-state index is 0. The fourth-order valence-electron chi connectivity index (χ4n) is 4.76. The Morgan fingerprint density at radius 1 is 0.489 bits per heavy atom. The van der Waals surface area contributed by atoms with Crippen molar-refractivity contribution in [2.75, 3.05) is 74.4 Å². The van der Waals surface area contributed by atoms with Gasteiger partial charge in [-0.3, -0.25) is 0 Å². The number of hydrogen-bond donors (Lipinski definition) is 0. The molecule has 11 heteroatoms. The molecule has 4 aliphatic heterocycles. The molecule has 1 aromatic carbocycles. The fraction of sp³-hybridized carbons (Fsp3) is 0.583. The molecule has 0 spiro atoms. The van der Waals surface area contributed by atoms with E-state index in [1.165, 1.54) is 33.4 Å². The second-order valence-electron chi connectivity index (χ2n) is 12.0. The topological polar surface area (TPSA) is 25.9 Å². The summed E-state index contributed by atoms with van der Waals surface area (Å²) in [6.45, 7) is 31.5. The van der Waals surface area contributed by atoms with Crippen LogP contribution >= 0.6 is 20.0 Å². The van der Waals surface area contributed by atoms with Crippen molar-refractivity contribution in [1.82, 2.24) is 39.2 Å². The summed E-state index contributed by atoms with van der Waals surface area (Å²) in [6, 6.07) is 0. The normalized spacial score (nSPS) is 15.3. The quantitative estimate of drug-likeness (QED) is 0.182. The average Bonchev–Trinajstić information content (AvgIpc) is 3.89. The van der Waals surface area contributed by atoms with Crippen molar-refractivity contribution in [1.29, 1.82) is 0 Å². The zero-order valence-electron chi connectivity index (χ0n) is 32.1. The van der Waals surface area contributed by atoms with Crippen molar-refractivity contribution in [3.63, 3.8) is 0 Å². The van der Waals surface area contributed by atoms with E-state index in [9.17, 15) is 0 Å². The van der Waals surface area contributed by atoms with E-state index >= 15 is 0 Å². The van der Waals surface area contributed by atoms with E-state index in [0.717, 1.165) is 46.2 Å². The Kier molecular flexibility index (Phi) is 25.8. The van der Waals surface area contributed by atoms with Crippen molar-refractivity contribution in [3.8, 4) is 0 Å². The van der Waals surface area contributed by atoms with Gasteiger partial charge in [-0.15, -0.1) is 0 Å². The number of rotatable bonds is 4. The van der Waals surface area contributed by atoms with Crippen LogP contribution < -0.4 is 0 Å². The van der Waals surface area contributed by atoms with Crippen LogP contribution in [0, 0.1) is 48.2 Å². The Bertz CT molecular complexity index is 904. The fourth-order valence-corrected chi connectivity index (χ4v) is 4.76. The van der Waals surface area contributed by atoms with Crippen molar-refractivity contribution in [2.24, 2.45) is 0 Å². The van der Waals surface area contributed by atoms with Crippen LogP contribution in [0.25, 0.3) is 0 Å². The van der Waals surface area contributed by atoms with Gasteiger partial charge < -0.3 is 39.2 Å². The van der Waals surface area contributed by atoms with Crippen molar-refractivity contribution < 1.29 is 15.1 Å². The van der Waals surface area contributed by atoms with Crippen molar-refractivity contribution >= 4 is 20.0 Å². The van der Waals surface area contributed by atoms with Crippen LogP contribution in [0.1, 0.15) is 61.1 Å². The molecular weight excluding hydrogens is 674 g/mol. The molecule has 4 heterocycles. The first kappa shape index (κ1) is 46.9. The first-order valence-electron chi connectivity index (χ1n) is 16.3. The summed E-state index contributed by atoms with van der Waals surface area (Å²) in [5.41, 5.74) is 8.73. The molecule has 0 radical (unpaired) electrons. The van der Waals surface area contributed by atoms with Gasteiger partial charge in [0, 0.05) is 78.0 Å². The van der Waals surface area contributed by atoms with E-state index in [-0.39, 0.29) is 9.90 Å². The third kappa shape index (κ3) is 17.7. The summed E-state index contributed by atoms with van der Waals surface area (Å²) < 4.78 is 0. The summed E-state index contributed by atoms with van der Waals surface area (Å²) in [4.78, 5) is 17.4. The SMILES string of the molecule is CCN1C=CN(C)C1.CCN1C=CN(C)C1.CCN1C=CN(C)C1.CCN1C=CN(C)[CH-]1.Cc1c(C)c(C)c(C)c(C)c1C.P.[Cl][Cu+]. The van der Waals surface area contributed by atoms with Gasteiger partial charge in [-0.05, 0) is 122 Å². The van der Waals surface area contributed by atoms with Crippen molar-refractivity contribution in [2.45, 2.75) is 69.2 Å². The van der Waals surface area contributed by atoms with Crippen LogP contribution in [-0.2, 0) is 15.1 Å². The Morgan fingerprint density at radius 2 is 0.766 bits per heavy atom. The molecule has 0 aromatic heterocycles. The van der Waals surface area contributed by atoms with Gasteiger partial charge in [0.25, 0.3) is 0 Å². The van der Waals surface area contributed by atoms with E-state index in [4.69, 9.17) is 0 Å². The van der Waals surface area contributed by atoms with Crippen LogP contribution in [0.4, 0.5) is 0 Å². The number of halogens is 1. The average molecular weight is 743 g/mol. The molecule has 47 heavy (non-hydrogen) atoms. The predicted octanol–water partition coefficient (Wildman–Crippen LogP) is 7.17. The molecule has 4 aliphatic rings. The van der Waals surface area contributed by atoms with Crippen LogP contribution in [0.15, 0.2) is 49.6 Å². The molecular formula is C36H68ClCuN8P. The molecule has 5 rings (SSSR count). The maximum atomic E-state index is 4.20. The van der Waals surface area contributed by atoms with Crippen LogP contribution in [0.2, 0.25) is 0 Å². The third-order valence-corrected chi connectivity index (χ3v) is 8.59. The van der Waals surface area contributed by atoms with Gasteiger partial charge in [0.2, 0.25) is 0 Å². The number of hydrogen-bond acceptors (Lipinski definition) is 8. The van der Waals surface area contributed by atoms with Gasteiger partial charge in [0.1, 0.15) is 0 Å². The predicted molar refractivity (Wildman–Crippen MR) is 208 cm³/mol. The van der Waals surface area contributed by atoms with Gasteiger partial charge in [0.15, 0.2) is 0 Å². The van der Waals surface area contributed by atoms with Crippen LogP contribution in [0.5, 0.6) is 0 Å². The van der Waals surface area contributed by atoms with E-state index in [0.29, 0.717) is 0 Å². The standard InChI is InChI=1S/C12H18.3C6H12N2.C6H11N2.ClH.Cu.H3P/c1-7-8(2)10(4)12(6)11(5)9(7)3;4*1-3-8-5-4-7(2)6-8;;;/h1-6H3;3*4-5H,3,6H2,1-2H3;4-6H,3H2,1-2H3;1H;;1H3/q;;;;-1;;+2;/p-1. The molecule has 0 fully saturated rings. The Labute approximate surface area is 306 Å². The third-order valence-electron chi connectivity index (χ3n) is 8.59. The van der Waals surface area contributed by atoms with Crippen LogP contribution in [-0.4, -0.2) is 114 Å². The zero-order valence-corrected chi connectivity index (χ0v) is 35.2. The van der Waals surface area contributed by atoms with Gasteiger partial charge >= 0.3 is 25.2 Å². The Hall–Kier alpha value is -2.18. The van der Waals surface area contributed by atoms with Crippen molar-refractivity contribution in [3.05, 3.63) is 89.6 Å². The number of benzene rings is 1. The maximum absolute atomic E-state index is 4.20. The molecule has 1 unspecified atom stereocenters. The molecule has 0 bridgehead atoms. The molecule has 0 saturated carbocycles. The molecule has 0 amide bonds. The van der Waals surface area contributed by atoms with Crippen LogP contribution in [0.3, 0.4) is 0 Å². The van der Waals surface area contributed by atoms with E-state index in [1.54, 1.807) is 0 Å². The summed E-state index contributed by atoms with van der Waals surface area (Å²) >= 11 is 3.66. The molecule has 8 nitrogen and oxygen atoms in total. The molecule has 0 aliphatic carbocycles. The molecule has 0 saturated heterocycles. The number of nitrogens with zero attached hydrogens (tertiary/aromatic N) is 8. The summed E-state index contributed by atoms with van der Waals surface area (Å²) in [7, 11) is 12.4. The van der Waals surface area contributed by atoms with E-state index in [2.05, 4.69) is 200 Å². The summed E-state index contributed by atoms with van der Waals surface area (Å²) in [5.74, 6) is 0. The van der Waals surface area contributed by atoms with Gasteiger partial charge in [-0.1, -0.05) is 6.92 Å². The second-order valence-corrected chi connectivity index (χ2v) is 12.0. The first-order chi connectivity index (χ1) is 21.8. The minimum atomic E-state index is 0. The zero-order chi connectivity index (χ0) is 35.4. The van der Waals surface area contributed by atoms with E-state index in [1.807, 2.05) is 18.1 Å². The van der Waals surface area contributed by atoms with Gasteiger partial charge in [-0.25, -0.2) is 0 Å². The molecule has 1 atom stereocenters. The second kappa shape index (κ2) is 25.8. The molecule has 1 aromatic rings. The molecule has 275 valence electrons.